The fraction of sp³-hybridized carbons (Fsp3) is 0.316. The fourth-order valence-corrected chi connectivity index (χ4v) is 3.39. The van der Waals surface area contributed by atoms with Crippen molar-refractivity contribution >= 4 is 34.6 Å². The first-order valence-electron chi connectivity index (χ1n) is 8.61. The third-order valence-electron chi connectivity index (χ3n) is 4.69. The van der Waals surface area contributed by atoms with Gasteiger partial charge in [0.05, 0.1) is 23.8 Å². The third-order valence-corrected chi connectivity index (χ3v) is 4.93. The summed E-state index contributed by atoms with van der Waals surface area (Å²) in [5, 5.41) is 14.4. The molecule has 0 atom stereocenters. The zero-order valence-electron chi connectivity index (χ0n) is 14.9. The molecular weight excluding hydrogens is 370 g/mol. The van der Waals surface area contributed by atoms with E-state index in [4.69, 9.17) is 16.3 Å². The van der Waals surface area contributed by atoms with Crippen LogP contribution in [-0.4, -0.2) is 31.0 Å². The highest BCUT2D eigenvalue weighted by Crippen LogP contribution is 2.31. The fourth-order valence-electron chi connectivity index (χ4n) is 3.20. The highest BCUT2D eigenvalue weighted by Gasteiger charge is 2.26. The normalized spacial score (nSPS) is 14.7. The van der Waals surface area contributed by atoms with Crippen LogP contribution in [0.2, 0.25) is 5.02 Å². The second-order valence-electron chi connectivity index (χ2n) is 6.37. The molecule has 0 aliphatic carbocycles. The van der Waals surface area contributed by atoms with Gasteiger partial charge in [0, 0.05) is 35.8 Å². The number of amides is 1. The molecule has 0 bridgehead atoms. The van der Waals surface area contributed by atoms with E-state index in [-0.39, 0.29) is 23.3 Å². The van der Waals surface area contributed by atoms with Crippen LogP contribution in [0.3, 0.4) is 0 Å². The van der Waals surface area contributed by atoms with Gasteiger partial charge in [0.15, 0.2) is 0 Å². The predicted octanol–water partition coefficient (Wildman–Crippen LogP) is 4.11. The molecule has 1 amide bonds. The predicted molar refractivity (Wildman–Crippen MR) is 105 cm³/mol. The van der Waals surface area contributed by atoms with Gasteiger partial charge >= 0.3 is 0 Å². The minimum Gasteiger partial charge on any atom is -0.494 e. The Bertz CT molecular complexity index is 851. The molecule has 0 saturated carbocycles. The number of piperidine rings is 1. The Balaban J connectivity index is 1.62. The van der Waals surface area contributed by atoms with Gasteiger partial charge in [-0.2, -0.15) is 0 Å². The first-order valence-corrected chi connectivity index (χ1v) is 8.99. The average Bonchev–Trinajstić information content (AvgIpc) is 2.68. The molecule has 0 aromatic heterocycles. The third kappa shape index (κ3) is 4.49. The van der Waals surface area contributed by atoms with E-state index < -0.39 is 4.92 Å². The molecule has 7 nitrogen and oxygen atoms in total. The van der Waals surface area contributed by atoms with Crippen LogP contribution in [0, 0.1) is 16.0 Å². The molecule has 1 saturated heterocycles. The summed E-state index contributed by atoms with van der Waals surface area (Å²) in [6, 6.07) is 11.8. The summed E-state index contributed by atoms with van der Waals surface area (Å²) in [6.45, 7) is 1.52. The van der Waals surface area contributed by atoms with Crippen molar-refractivity contribution in [1.82, 2.24) is 0 Å². The summed E-state index contributed by atoms with van der Waals surface area (Å²) in [7, 11) is 1.41. The van der Waals surface area contributed by atoms with Crippen LogP contribution in [0.25, 0.3) is 0 Å². The molecule has 142 valence electrons. The number of rotatable bonds is 5. The smallest absolute Gasteiger partial charge is 0.273 e. The number of nitro benzene ring substituents is 1. The molecule has 1 heterocycles. The Morgan fingerprint density at radius 3 is 2.63 bits per heavy atom. The van der Waals surface area contributed by atoms with Gasteiger partial charge in [-0.15, -0.1) is 0 Å². The van der Waals surface area contributed by atoms with Crippen LogP contribution >= 0.6 is 11.6 Å². The summed E-state index contributed by atoms with van der Waals surface area (Å²) in [4.78, 5) is 25.2. The number of hydrogen-bond donors (Lipinski definition) is 1. The van der Waals surface area contributed by atoms with E-state index in [0.717, 1.165) is 18.8 Å². The van der Waals surface area contributed by atoms with Gasteiger partial charge in [-0.05, 0) is 37.1 Å². The van der Waals surface area contributed by atoms with E-state index in [9.17, 15) is 14.9 Å². The minimum atomic E-state index is -0.500. The number of carbonyl (C=O) groups excluding carboxylic acids is 1. The van der Waals surface area contributed by atoms with Gasteiger partial charge < -0.3 is 15.0 Å². The number of ether oxygens (including phenoxy) is 1. The van der Waals surface area contributed by atoms with Crippen molar-refractivity contribution < 1.29 is 14.5 Å². The topological polar surface area (TPSA) is 84.7 Å². The second kappa shape index (κ2) is 8.26. The average molecular weight is 390 g/mol. The van der Waals surface area contributed by atoms with Crippen LogP contribution in [0.5, 0.6) is 5.75 Å². The zero-order chi connectivity index (χ0) is 19.4. The lowest BCUT2D eigenvalue weighted by Gasteiger charge is -2.33. The molecule has 0 spiro atoms. The molecule has 1 N–H and O–H groups in total. The molecule has 1 fully saturated rings. The largest absolute Gasteiger partial charge is 0.494 e. The lowest BCUT2D eigenvalue weighted by Crippen LogP contribution is -2.38. The van der Waals surface area contributed by atoms with E-state index in [2.05, 4.69) is 10.2 Å². The second-order valence-corrected chi connectivity index (χ2v) is 6.81. The maximum Gasteiger partial charge on any atom is 0.273 e. The summed E-state index contributed by atoms with van der Waals surface area (Å²) < 4.78 is 5.17. The SMILES string of the molecule is COc1cc([N+](=O)[O-])ccc1NC(=O)C1CCN(c2cccc(Cl)c2)CC1. The Morgan fingerprint density at radius 1 is 1.26 bits per heavy atom. The minimum absolute atomic E-state index is 0.0836. The van der Waals surface area contributed by atoms with Crippen molar-refractivity contribution in [3.8, 4) is 5.75 Å². The number of carbonyl (C=O) groups is 1. The standard InChI is InChI=1S/C19H20ClN3O4/c1-27-18-12-16(23(25)26)5-6-17(18)21-19(24)13-7-9-22(10-8-13)15-4-2-3-14(20)11-15/h2-6,11-13H,7-10H2,1H3,(H,21,24). The van der Waals surface area contributed by atoms with Gasteiger partial charge in [0.2, 0.25) is 5.91 Å². The molecule has 27 heavy (non-hydrogen) atoms. The molecule has 3 rings (SSSR count). The van der Waals surface area contributed by atoms with Gasteiger partial charge in [-0.1, -0.05) is 17.7 Å². The van der Waals surface area contributed by atoms with Crippen molar-refractivity contribution in [1.29, 1.82) is 0 Å². The molecule has 2 aromatic rings. The Hall–Kier alpha value is -2.80. The van der Waals surface area contributed by atoms with Gasteiger partial charge in [0.1, 0.15) is 5.75 Å². The van der Waals surface area contributed by atoms with E-state index >= 15 is 0 Å². The van der Waals surface area contributed by atoms with Crippen LogP contribution in [-0.2, 0) is 4.79 Å². The number of anilines is 2. The number of nitrogens with one attached hydrogen (secondary N) is 1. The summed E-state index contributed by atoms with van der Waals surface area (Å²) >= 11 is 6.05. The van der Waals surface area contributed by atoms with Crippen LogP contribution < -0.4 is 15.0 Å². The van der Waals surface area contributed by atoms with Crippen molar-refractivity contribution in [3.63, 3.8) is 0 Å². The number of methoxy groups -OCH3 is 1. The van der Waals surface area contributed by atoms with Crippen LogP contribution in [0.15, 0.2) is 42.5 Å². The number of hydrogen-bond acceptors (Lipinski definition) is 5. The molecule has 2 aromatic carbocycles. The molecule has 0 radical (unpaired) electrons. The lowest BCUT2D eigenvalue weighted by molar-refractivity contribution is -0.384. The Morgan fingerprint density at radius 2 is 2.00 bits per heavy atom. The molecule has 1 aliphatic rings. The highest BCUT2D eigenvalue weighted by molar-refractivity contribution is 6.30. The van der Waals surface area contributed by atoms with Crippen molar-refractivity contribution in [3.05, 3.63) is 57.6 Å². The summed E-state index contributed by atoms with van der Waals surface area (Å²) in [5.41, 5.74) is 1.41. The monoisotopic (exact) mass is 389 g/mol. The van der Waals surface area contributed by atoms with Crippen LogP contribution in [0.4, 0.5) is 17.1 Å². The Labute approximate surface area is 162 Å². The number of benzene rings is 2. The maximum atomic E-state index is 12.6. The van der Waals surface area contributed by atoms with Crippen LogP contribution in [0.1, 0.15) is 12.8 Å². The van der Waals surface area contributed by atoms with Gasteiger partial charge in [-0.3, -0.25) is 14.9 Å². The number of nitrogens with zero attached hydrogens (tertiary/aromatic N) is 2. The quantitative estimate of drug-likeness (QED) is 0.614. The first-order chi connectivity index (χ1) is 13.0. The zero-order valence-corrected chi connectivity index (χ0v) is 15.6. The molecular formula is C19H20ClN3O4. The van der Waals surface area contributed by atoms with Gasteiger partial charge in [0.25, 0.3) is 5.69 Å². The number of nitro groups is 1. The van der Waals surface area contributed by atoms with E-state index in [0.29, 0.717) is 23.6 Å². The number of non-ortho nitro benzene ring substituents is 1. The molecule has 8 heteroatoms. The van der Waals surface area contributed by atoms with Crippen molar-refractivity contribution in [2.24, 2.45) is 5.92 Å². The maximum absolute atomic E-state index is 12.6. The van der Waals surface area contributed by atoms with E-state index in [1.807, 2.05) is 24.3 Å². The Kier molecular flexibility index (Phi) is 5.81. The van der Waals surface area contributed by atoms with E-state index in [1.54, 1.807) is 0 Å². The number of halogens is 1. The van der Waals surface area contributed by atoms with E-state index in [1.165, 1.54) is 25.3 Å². The lowest BCUT2D eigenvalue weighted by atomic mass is 9.95. The first kappa shape index (κ1) is 19.0. The van der Waals surface area contributed by atoms with Crippen molar-refractivity contribution in [2.45, 2.75) is 12.8 Å². The molecule has 0 unspecified atom stereocenters. The summed E-state index contributed by atoms with van der Waals surface area (Å²) in [5.74, 6) is 0.0437. The highest BCUT2D eigenvalue weighted by atomic mass is 35.5. The molecule has 1 aliphatic heterocycles. The summed E-state index contributed by atoms with van der Waals surface area (Å²) in [6.07, 6.45) is 1.43. The van der Waals surface area contributed by atoms with Crippen molar-refractivity contribution in [2.75, 3.05) is 30.4 Å². The van der Waals surface area contributed by atoms with Gasteiger partial charge in [-0.25, -0.2) is 0 Å².